The molecule has 0 heterocycles. The van der Waals surface area contributed by atoms with Crippen LogP contribution >= 0.6 is 11.6 Å². The number of rotatable bonds is 11. The largest absolute Gasteiger partial charge is 0.469 e. The minimum Gasteiger partial charge on any atom is -0.469 e. The minimum atomic E-state index is -0.460. The summed E-state index contributed by atoms with van der Waals surface area (Å²) in [5, 5.41) is 21.2. The number of aliphatic hydroxyl groups is 2. The molecule has 1 aliphatic carbocycles. The number of halogens is 1. The maximum Gasteiger partial charge on any atom is 0.305 e. The van der Waals surface area contributed by atoms with Gasteiger partial charge in [0.25, 0.3) is 0 Å². The van der Waals surface area contributed by atoms with Gasteiger partial charge >= 0.3 is 5.97 Å². The Kier molecular flexibility index (Phi) is 10.7. The molecular weight excluding hydrogens is 424 g/mol. The molecule has 0 amide bonds. The van der Waals surface area contributed by atoms with E-state index in [0.29, 0.717) is 12.8 Å². The monoisotopic (exact) mass is 464 g/mol. The van der Waals surface area contributed by atoms with Crippen LogP contribution in [0, 0.1) is 11.3 Å². The molecule has 1 aromatic rings. The zero-order valence-electron chi connectivity index (χ0n) is 20.1. The molecule has 180 valence electrons. The van der Waals surface area contributed by atoms with Gasteiger partial charge in [0.15, 0.2) is 0 Å². The number of carbonyl (C=O) groups is 1. The molecule has 0 saturated heterocycles. The van der Waals surface area contributed by atoms with Gasteiger partial charge in [0, 0.05) is 17.7 Å². The van der Waals surface area contributed by atoms with E-state index in [2.05, 4.69) is 37.7 Å². The predicted octanol–water partition coefficient (Wildman–Crippen LogP) is 6.30. The summed E-state index contributed by atoms with van der Waals surface area (Å²) in [6.07, 6.45) is 9.54. The number of allylic oxidation sites excluding steroid dienone is 2. The fourth-order valence-corrected chi connectivity index (χ4v) is 5.04. The molecule has 0 bridgehead atoms. The molecule has 32 heavy (non-hydrogen) atoms. The molecule has 0 spiro atoms. The number of carbonyl (C=O) groups excluding carboxylic acids is 1. The molecule has 2 N–H and O–H groups in total. The lowest BCUT2D eigenvalue weighted by molar-refractivity contribution is -0.140. The first-order valence-corrected chi connectivity index (χ1v) is 12.4. The van der Waals surface area contributed by atoms with Crippen LogP contribution in [0.25, 0.3) is 0 Å². The van der Waals surface area contributed by atoms with Crippen molar-refractivity contribution in [3.63, 3.8) is 0 Å². The second-order valence-electron chi connectivity index (χ2n) is 10.3. The van der Waals surface area contributed by atoms with Gasteiger partial charge in [-0.1, -0.05) is 63.6 Å². The van der Waals surface area contributed by atoms with Crippen LogP contribution in [0.1, 0.15) is 95.3 Å². The third-order valence-electron chi connectivity index (χ3n) is 6.47. The van der Waals surface area contributed by atoms with E-state index >= 15 is 0 Å². The van der Waals surface area contributed by atoms with Gasteiger partial charge in [0.2, 0.25) is 0 Å². The molecule has 2 rings (SSSR count). The van der Waals surface area contributed by atoms with E-state index in [1.165, 1.54) is 7.11 Å². The quantitative estimate of drug-likeness (QED) is 0.174. The Bertz CT molecular complexity index is 722. The Labute approximate surface area is 199 Å². The van der Waals surface area contributed by atoms with Crippen molar-refractivity contribution in [1.29, 1.82) is 0 Å². The summed E-state index contributed by atoms with van der Waals surface area (Å²) in [5.41, 5.74) is 2.29. The van der Waals surface area contributed by atoms with Gasteiger partial charge in [-0.2, -0.15) is 0 Å². The van der Waals surface area contributed by atoms with Crippen LogP contribution in [0.3, 0.4) is 0 Å². The lowest BCUT2D eigenvalue weighted by Crippen LogP contribution is -2.18. The van der Waals surface area contributed by atoms with E-state index < -0.39 is 12.2 Å². The highest BCUT2D eigenvalue weighted by atomic mass is 35.5. The first kappa shape index (κ1) is 26.9. The van der Waals surface area contributed by atoms with Crippen LogP contribution in [0.5, 0.6) is 0 Å². The number of methoxy groups -OCH3 is 1. The summed E-state index contributed by atoms with van der Waals surface area (Å²) in [7, 11) is 1.41. The zero-order valence-corrected chi connectivity index (χ0v) is 20.9. The number of ether oxygens (including phenoxy) is 1. The Balaban J connectivity index is 1.93. The molecule has 1 fully saturated rings. The molecule has 0 radical (unpaired) electrons. The smallest absolute Gasteiger partial charge is 0.305 e. The highest BCUT2D eigenvalue weighted by Crippen LogP contribution is 2.45. The first-order chi connectivity index (χ1) is 15.1. The fraction of sp³-hybridized carbons (Fsp3) is 0.667. The normalized spacial score (nSPS) is 24.7. The number of benzene rings is 1. The zero-order chi connectivity index (χ0) is 23.7. The summed E-state index contributed by atoms with van der Waals surface area (Å²) >= 11 is 6.60. The highest BCUT2D eigenvalue weighted by Gasteiger charge is 2.41. The van der Waals surface area contributed by atoms with Gasteiger partial charge in [-0.15, -0.1) is 11.6 Å². The van der Waals surface area contributed by atoms with Gasteiger partial charge in [0.05, 0.1) is 19.3 Å². The number of hydrogen-bond acceptors (Lipinski definition) is 4. The van der Waals surface area contributed by atoms with E-state index in [4.69, 9.17) is 11.6 Å². The molecule has 5 heteroatoms. The van der Waals surface area contributed by atoms with Crippen molar-refractivity contribution in [2.75, 3.05) is 7.11 Å². The van der Waals surface area contributed by atoms with E-state index in [-0.39, 0.29) is 28.6 Å². The summed E-state index contributed by atoms with van der Waals surface area (Å²) in [6, 6.07) is 8.06. The molecule has 1 aliphatic rings. The van der Waals surface area contributed by atoms with Crippen molar-refractivity contribution < 1.29 is 19.7 Å². The number of unbranched alkanes of at least 4 members (excludes halogenated alkanes) is 1. The topological polar surface area (TPSA) is 66.8 Å². The highest BCUT2D eigenvalue weighted by molar-refractivity contribution is 6.21. The minimum absolute atomic E-state index is 0.00991. The maximum absolute atomic E-state index is 11.2. The lowest BCUT2D eigenvalue weighted by Gasteiger charge is -2.24. The third kappa shape index (κ3) is 8.53. The first-order valence-electron chi connectivity index (χ1n) is 11.9. The van der Waals surface area contributed by atoms with Crippen molar-refractivity contribution in [3.05, 3.63) is 47.5 Å². The number of esters is 1. The van der Waals surface area contributed by atoms with Crippen molar-refractivity contribution in [2.24, 2.45) is 11.3 Å². The van der Waals surface area contributed by atoms with Crippen LogP contribution < -0.4 is 0 Å². The lowest BCUT2D eigenvalue weighted by atomic mass is 9.84. The average Bonchev–Trinajstić information content (AvgIpc) is 3.02. The van der Waals surface area contributed by atoms with E-state index in [1.807, 2.05) is 24.3 Å². The number of alkyl halides is 1. The molecule has 1 aromatic carbocycles. The van der Waals surface area contributed by atoms with Crippen molar-refractivity contribution in [2.45, 2.75) is 95.6 Å². The second kappa shape index (κ2) is 12.8. The second-order valence-corrected chi connectivity index (χ2v) is 10.9. The van der Waals surface area contributed by atoms with Crippen molar-refractivity contribution in [3.8, 4) is 0 Å². The van der Waals surface area contributed by atoms with E-state index in [9.17, 15) is 15.0 Å². The van der Waals surface area contributed by atoms with Crippen molar-refractivity contribution >= 4 is 17.6 Å². The Morgan fingerprint density at radius 2 is 1.91 bits per heavy atom. The standard InChI is InChI=1S/C27H41ClO4/c1-27(2,3)17-9-11-23(29)19-13-15-20(16-14-19)26-21(22(28)18-24(26)30)10-7-5-6-8-12-25(31)32-4/h5,7,13-16,21-24,26,29-30H,6,8-12,17-18H2,1-4H3/b7-5-/t21-,22+,23?,24+,26+/m0/s1. The van der Waals surface area contributed by atoms with Gasteiger partial charge in [-0.05, 0) is 61.0 Å². The average molecular weight is 465 g/mol. The SMILES string of the molecule is COC(=O)CCC/C=C\C[C@@H]1[C@@H](c2ccc(C(O)CCCC(C)(C)C)cc2)[C@H](O)C[C@H]1Cl. The summed E-state index contributed by atoms with van der Waals surface area (Å²) in [4.78, 5) is 11.2. The molecule has 5 atom stereocenters. The van der Waals surface area contributed by atoms with Crippen molar-refractivity contribution in [1.82, 2.24) is 0 Å². The van der Waals surface area contributed by atoms with E-state index in [0.717, 1.165) is 49.7 Å². The predicted molar refractivity (Wildman–Crippen MR) is 131 cm³/mol. The molecule has 4 nitrogen and oxygen atoms in total. The molecular formula is C27H41ClO4. The Hall–Kier alpha value is -1.36. The van der Waals surface area contributed by atoms with Gasteiger partial charge in [-0.25, -0.2) is 0 Å². The van der Waals surface area contributed by atoms with E-state index in [1.54, 1.807) is 0 Å². The Morgan fingerprint density at radius 1 is 1.22 bits per heavy atom. The Morgan fingerprint density at radius 3 is 2.53 bits per heavy atom. The summed E-state index contributed by atoms with van der Waals surface area (Å²) in [5.74, 6) is -0.0312. The summed E-state index contributed by atoms with van der Waals surface area (Å²) in [6.45, 7) is 6.66. The van der Waals surface area contributed by atoms with Crippen LogP contribution in [0.2, 0.25) is 0 Å². The molecule has 0 aliphatic heterocycles. The van der Waals surface area contributed by atoms with Crippen LogP contribution in [-0.2, 0) is 9.53 Å². The van der Waals surface area contributed by atoms with Gasteiger partial charge in [0.1, 0.15) is 0 Å². The molecule has 1 unspecified atom stereocenters. The number of aliphatic hydroxyl groups excluding tert-OH is 2. The van der Waals surface area contributed by atoms with Gasteiger partial charge in [-0.3, -0.25) is 4.79 Å². The van der Waals surface area contributed by atoms with Crippen LogP contribution in [0.4, 0.5) is 0 Å². The molecule has 0 aromatic heterocycles. The fourth-order valence-electron chi connectivity index (χ4n) is 4.60. The maximum atomic E-state index is 11.2. The molecule has 1 saturated carbocycles. The summed E-state index contributed by atoms with van der Waals surface area (Å²) < 4.78 is 4.66. The van der Waals surface area contributed by atoms with Gasteiger partial charge < -0.3 is 14.9 Å². The number of hydrogen-bond donors (Lipinski definition) is 2. The van der Waals surface area contributed by atoms with Crippen LogP contribution in [0.15, 0.2) is 36.4 Å². The third-order valence-corrected chi connectivity index (χ3v) is 6.97. The van der Waals surface area contributed by atoms with Crippen LogP contribution in [-0.4, -0.2) is 34.8 Å².